The second-order valence-electron chi connectivity index (χ2n) is 6.05. The average molecular weight is 330 g/mol. The molecule has 24 heavy (non-hydrogen) atoms. The van der Waals surface area contributed by atoms with Crippen molar-refractivity contribution in [1.29, 1.82) is 0 Å². The van der Waals surface area contributed by atoms with Crippen LogP contribution in [0.1, 0.15) is 24.6 Å². The summed E-state index contributed by atoms with van der Waals surface area (Å²) in [6, 6.07) is 9.49. The van der Waals surface area contributed by atoms with Crippen LogP contribution < -0.4 is 5.69 Å². The molecule has 7 heteroatoms. The van der Waals surface area contributed by atoms with Crippen LogP contribution in [-0.4, -0.2) is 52.0 Å². The Labute approximate surface area is 140 Å². The number of rotatable bonds is 4. The van der Waals surface area contributed by atoms with Crippen molar-refractivity contribution in [2.45, 2.75) is 18.8 Å². The highest BCUT2D eigenvalue weighted by molar-refractivity contribution is 5.77. The smallest absolute Gasteiger partial charge is 0.350 e. The van der Waals surface area contributed by atoms with Gasteiger partial charge in [0.15, 0.2) is 0 Å². The zero-order valence-corrected chi connectivity index (χ0v) is 14.0. The second kappa shape index (κ2) is 7.00. The fraction of sp³-hybridized carbons (Fsp3) is 0.471. The van der Waals surface area contributed by atoms with Crippen LogP contribution in [0, 0.1) is 0 Å². The molecule has 0 saturated carbocycles. The first kappa shape index (κ1) is 16.4. The summed E-state index contributed by atoms with van der Waals surface area (Å²) in [5, 5.41) is 4.45. The Balaban J connectivity index is 1.94. The number of aryl methyl sites for hydroxylation is 1. The van der Waals surface area contributed by atoms with E-state index in [0.717, 1.165) is 25.1 Å². The van der Waals surface area contributed by atoms with Gasteiger partial charge in [0.05, 0.1) is 5.69 Å². The molecule has 1 amide bonds. The van der Waals surface area contributed by atoms with Gasteiger partial charge in [0.2, 0.25) is 5.91 Å². The lowest BCUT2D eigenvalue weighted by molar-refractivity contribution is -0.136. The lowest BCUT2D eigenvalue weighted by Crippen LogP contribution is -2.41. The Morgan fingerprint density at radius 3 is 2.79 bits per heavy atom. The van der Waals surface area contributed by atoms with Crippen LogP contribution in [0.15, 0.2) is 35.1 Å². The second-order valence-corrected chi connectivity index (χ2v) is 6.05. The third-order valence-electron chi connectivity index (χ3n) is 4.37. The van der Waals surface area contributed by atoms with Gasteiger partial charge in [-0.1, -0.05) is 18.2 Å². The number of amides is 1. The molecule has 1 aliphatic heterocycles. The van der Waals surface area contributed by atoms with Crippen molar-refractivity contribution in [3.8, 4) is 5.69 Å². The zero-order valence-electron chi connectivity index (χ0n) is 14.0. The predicted molar refractivity (Wildman–Crippen MR) is 89.2 cm³/mol. The molecular formula is C17H22N4O3. The van der Waals surface area contributed by atoms with E-state index >= 15 is 0 Å². The van der Waals surface area contributed by atoms with Gasteiger partial charge in [-0.3, -0.25) is 4.79 Å². The lowest BCUT2D eigenvalue weighted by Gasteiger charge is -2.32. The number of methoxy groups -OCH3 is 1. The maximum atomic E-state index is 12.5. The normalized spacial score (nSPS) is 17.9. The highest BCUT2D eigenvalue weighted by Crippen LogP contribution is 2.26. The highest BCUT2D eigenvalue weighted by atomic mass is 16.5. The molecule has 7 nitrogen and oxygen atoms in total. The number of ether oxygens (including phenoxy) is 1. The molecule has 1 fully saturated rings. The number of piperidine rings is 1. The first-order chi connectivity index (χ1) is 11.6. The highest BCUT2D eigenvalue weighted by Gasteiger charge is 2.29. The number of carbonyl (C=O) groups excluding carboxylic acids is 1. The van der Waals surface area contributed by atoms with Gasteiger partial charge < -0.3 is 9.64 Å². The summed E-state index contributed by atoms with van der Waals surface area (Å²) in [4.78, 5) is 26.4. The van der Waals surface area contributed by atoms with E-state index in [0.29, 0.717) is 12.4 Å². The molecule has 2 aromatic rings. The Hall–Kier alpha value is -2.41. The van der Waals surface area contributed by atoms with Crippen molar-refractivity contribution in [3.63, 3.8) is 0 Å². The average Bonchev–Trinajstić information content (AvgIpc) is 2.91. The van der Waals surface area contributed by atoms with Crippen LogP contribution in [0.5, 0.6) is 0 Å². The van der Waals surface area contributed by atoms with E-state index in [9.17, 15) is 9.59 Å². The lowest BCUT2D eigenvalue weighted by atomic mass is 9.97. The van der Waals surface area contributed by atoms with Crippen LogP contribution in [0.3, 0.4) is 0 Å². The first-order valence-electron chi connectivity index (χ1n) is 8.10. The maximum absolute atomic E-state index is 12.5. The van der Waals surface area contributed by atoms with Crippen LogP contribution in [0.2, 0.25) is 0 Å². The van der Waals surface area contributed by atoms with Crippen LogP contribution in [0.25, 0.3) is 5.69 Å². The van der Waals surface area contributed by atoms with Crippen LogP contribution >= 0.6 is 0 Å². The Bertz CT molecular complexity index is 766. The number of nitrogens with zero attached hydrogens (tertiary/aromatic N) is 4. The van der Waals surface area contributed by atoms with Crippen molar-refractivity contribution < 1.29 is 9.53 Å². The summed E-state index contributed by atoms with van der Waals surface area (Å²) in [6.07, 6.45) is 1.79. The van der Waals surface area contributed by atoms with Gasteiger partial charge in [-0.05, 0) is 25.0 Å². The van der Waals surface area contributed by atoms with Crippen molar-refractivity contribution in [2.24, 2.45) is 7.05 Å². The maximum Gasteiger partial charge on any atom is 0.350 e. The summed E-state index contributed by atoms with van der Waals surface area (Å²) in [6.45, 7) is 1.37. The number of likely N-dealkylation sites (tertiary alicyclic amines) is 1. The summed E-state index contributed by atoms with van der Waals surface area (Å²) in [5.41, 5.74) is 0.627. The van der Waals surface area contributed by atoms with Gasteiger partial charge in [-0.25, -0.2) is 14.0 Å². The molecule has 1 aliphatic rings. The minimum absolute atomic E-state index is 0.0215. The molecule has 1 unspecified atom stereocenters. The van der Waals surface area contributed by atoms with E-state index in [4.69, 9.17) is 4.74 Å². The van der Waals surface area contributed by atoms with Crippen molar-refractivity contribution in [2.75, 3.05) is 26.8 Å². The number of para-hydroxylation sites is 1. The third-order valence-corrected chi connectivity index (χ3v) is 4.37. The minimum Gasteiger partial charge on any atom is -0.375 e. The standard InChI is InChI=1S/C17H22N4O3/c1-19-17(23)21(14-8-4-3-5-9-14)16(18-19)13-7-6-10-20(11-13)15(22)12-24-2/h3-5,8-9,13H,6-7,10-12H2,1-2H3. The number of hydrogen-bond acceptors (Lipinski definition) is 4. The summed E-state index contributed by atoms with van der Waals surface area (Å²) >= 11 is 0. The Morgan fingerprint density at radius 1 is 1.33 bits per heavy atom. The molecule has 0 spiro atoms. The summed E-state index contributed by atoms with van der Waals surface area (Å²) in [5.74, 6) is 0.726. The minimum atomic E-state index is -0.170. The molecule has 3 rings (SSSR count). The molecule has 2 heterocycles. The van der Waals surface area contributed by atoms with Crippen LogP contribution in [-0.2, 0) is 16.6 Å². The molecular weight excluding hydrogens is 308 g/mol. The van der Waals surface area contributed by atoms with Gasteiger partial charge in [0, 0.05) is 33.2 Å². The summed E-state index contributed by atoms with van der Waals surface area (Å²) < 4.78 is 7.96. The molecule has 1 aromatic carbocycles. The molecule has 1 atom stereocenters. The molecule has 128 valence electrons. The van der Waals surface area contributed by atoms with E-state index in [-0.39, 0.29) is 24.1 Å². The topological polar surface area (TPSA) is 69.4 Å². The van der Waals surface area contributed by atoms with Crippen LogP contribution in [0.4, 0.5) is 0 Å². The fourth-order valence-electron chi connectivity index (χ4n) is 3.20. The fourth-order valence-corrected chi connectivity index (χ4v) is 3.20. The Morgan fingerprint density at radius 2 is 2.08 bits per heavy atom. The first-order valence-corrected chi connectivity index (χ1v) is 8.10. The van der Waals surface area contributed by atoms with Gasteiger partial charge in [0.1, 0.15) is 12.4 Å². The molecule has 1 aromatic heterocycles. The van der Waals surface area contributed by atoms with E-state index < -0.39 is 0 Å². The van der Waals surface area contributed by atoms with E-state index in [1.807, 2.05) is 30.3 Å². The molecule has 0 bridgehead atoms. The number of hydrogen-bond donors (Lipinski definition) is 0. The van der Waals surface area contributed by atoms with Crippen molar-refractivity contribution in [3.05, 3.63) is 46.6 Å². The quantitative estimate of drug-likeness (QED) is 0.836. The summed E-state index contributed by atoms with van der Waals surface area (Å²) in [7, 11) is 3.17. The third kappa shape index (κ3) is 3.12. The van der Waals surface area contributed by atoms with E-state index in [1.54, 1.807) is 16.5 Å². The van der Waals surface area contributed by atoms with Crippen molar-refractivity contribution in [1.82, 2.24) is 19.2 Å². The monoisotopic (exact) mass is 330 g/mol. The SMILES string of the molecule is COCC(=O)N1CCCC(c2nn(C)c(=O)n2-c2ccccc2)C1. The van der Waals surface area contributed by atoms with Gasteiger partial charge in [-0.15, -0.1) is 0 Å². The molecule has 0 aliphatic carbocycles. The Kier molecular flexibility index (Phi) is 4.80. The van der Waals surface area contributed by atoms with Gasteiger partial charge >= 0.3 is 5.69 Å². The largest absolute Gasteiger partial charge is 0.375 e. The van der Waals surface area contributed by atoms with E-state index in [2.05, 4.69) is 5.10 Å². The molecule has 0 radical (unpaired) electrons. The number of carbonyl (C=O) groups is 1. The van der Waals surface area contributed by atoms with Crippen molar-refractivity contribution >= 4 is 5.91 Å². The van der Waals surface area contributed by atoms with Gasteiger partial charge in [-0.2, -0.15) is 5.10 Å². The van der Waals surface area contributed by atoms with E-state index in [1.165, 1.54) is 11.8 Å². The number of aromatic nitrogens is 3. The zero-order chi connectivity index (χ0) is 17.1. The van der Waals surface area contributed by atoms with Gasteiger partial charge in [0.25, 0.3) is 0 Å². The molecule has 1 saturated heterocycles. The predicted octanol–water partition coefficient (Wildman–Crippen LogP) is 0.923. The molecule has 0 N–H and O–H groups in total. The number of benzene rings is 1.